The second-order valence-corrected chi connectivity index (χ2v) is 7.11. The molecule has 0 spiro atoms. The van der Waals surface area contributed by atoms with Crippen molar-refractivity contribution in [1.82, 2.24) is 14.4 Å². The van der Waals surface area contributed by atoms with Gasteiger partial charge in [-0.25, -0.2) is 0 Å². The van der Waals surface area contributed by atoms with Gasteiger partial charge in [0.25, 0.3) is 0 Å². The van der Waals surface area contributed by atoms with E-state index in [-0.39, 0.29) is 22.9 Å². The number of hydrogen-bond donors (Lipinski definition) is 0. The quantitative estimate of drug-likeness (QED) is 0.819. The number of aryl methyl sites for hydroxylation is 1. The highest BCUT2D eigenvalue weighted by molar-refractivity contribution is 7.07. The summed E-state index contributed by atoms with van der Waals surface area (Å²) in [7, 11) is 0. The summed E-state index contributed by atoms with van der Waals surface area (Å²) in [5.74, 6) is 0.138. The molecule has 0 aliphatic carbocycles. The zero-order valence-electron chi connectivity index (χ0n) is 13.9. The molecule has 23 heavy (non-hydrogen) atoms. The minimum absolute atomic E-state index is 0.0185. The number of nitrogens with zero attached hydrogens (tertiary/aromatic N) is 3. The van der Waals surface area contributed by atoms with E-state index >= 15 is 0 Å². The van der Waals surface area contributed by atoms with Crippen LogP contribution in [-0.2, 0) is 16.1 Å². The minimum Gasteiger partial charge on any atom is -0.374 e. The van der Waals surface area contributed by atoms with Crippen LogP contribution in [0.1, 0.15) is 25.5 Å². The molecule has 3 heterocycles. The first-order valence-electron chi connectivity index (χ1n) is 8.38. The Morgan fingerprint density at radius 3 is 2.96 bits per heavy atom. The van der Waals surface area contributed by atoms with Crippen molar-refractivity contribution >= 4 is 17.2 Å². The summed E-state index contributed by atoms with van der Waals surface area (Å²) in [6, 6.07) is 0.158. The van der Waals surface area contributed by atoms with Crippen molar-refractivity contribution in [2.75, 3.05) is 32.8 Å². The minimum atomic E-state index is 0.0185. The number of likely N-dealkylation sites (N-methyl/N-ethyl adjacent to an activating group) is 1. The van der Waals surface area contributed by atoms with Crippen LogP contribution in [0.15, 0.2) is 10.2 Å². The lowest BCUT2D eigenvalue weighted by Crippen LogP contribution is -2.61. The van der Waals surface area contributed by atoms with Crippen LogP contribution in [0, 0.1) is 6.92 Å². The molecule has 0 bridgehead atoms. The van der Waals surface area contributed by atoms with Crippen molar-refractivity contribution in [2.45, 2.75) is 45.4 Å². The second-order valence-electron chi connectivity index (χ2n) is 6.29. The molecule has 2 saturated heterocycles. The first kappa shape index (κ1) is 16.7. The molecule has 0 saturated carbocycles. The fourth-order valence-electron chi connectivity index (χ4n) is 3.56. The standard InChI is InChI=1S/C16H25N3O3S/c1-3-17-6-4-14-13(10-17)19(8-9-22-14)15(20)5-7-18-12(2)11-23-16(18)21/h11,13-14H,3-10H2,1-2H3/t13-,14+/m0/s1. The third-order valence-corrected chi connectivity index (χ3v) is 5.84. The number of aromatic nitrogens is 1. The lowest BCUT2D eigenvalue weighted by molar-refractivity contribution is -0.152. The normalized spacial score (nSPS) is 25.4. The summed E-state index contributed by atoms with van der Waals surface area (Å²) >= 11 is 1.20. The van der Waals surface area contributed by atoms with Gasteiger partial charge in [0.2, 0.25) is 5.91 Å². The van der Waals surface area contributed by atoms with Gasteiger partial charge >= 0.3 is 4.87 Å². The van der Waals surface area contributed by atoms with Crippen molar-refractivity contribution in [2.24, 2.45) is 0 Å². The number of rotatable bonds is 4. The summed E-state index contributed by atoms with van der Waals surface area (Å²) in [6.07, 6.45) is 1.54. The molecule has 3 rings (SSSR count). The van der Waals surface area contributed by atoms with Gasteiger partial charge < -0.3 is 19.1 Å². The van der Waals surface area contributed by atoms with E-state index in [1.165, 1.54) is 11.3 Å². The largest absolute Gasteiger partial charge is 0.374 e. The van der Waals surface area contributed by atoms with Crippen molar-refractivity contribution in [1.29, 1.82) is 0 Å². The molecule has 0 N–H and O–H groups in total. The molecule has 1 aromatic heterocycles. The summed E-state index contributed by atoms with van der Waals surface area (Å²) < 4.78 is 7.56. The predicted molar refractivity (Wildman–Crippen MR) is 89.9 cm³/mol. The second kappa shape index (κ2) is 7.15. The lowest BCUT2D eigenvalue weighted by atomic mass is 9.98. The van der Waals surface area contributed by atoms with Crippen LogP contribution >= 0.6 is 11.3 Å². The van der Waals surface area contributed by atoms with Crippen LogP contribution in [0.5, 0.6) is 0 Å². The smallest absolute Gasteiger partial charge is 0.307 e. The molecule has 128 valence electrons. The van der Waals surface area contributed by atoms with E-state index in [2.05, 4.69) is 11.8 Å². The average molecular weight is 339 g/mol. The maximum atomic E-state index is 12.7. The molecule has 2 aliphatic rings. The number of carbonyl (C=O) groups excluding carboxylic acids is 1. The molecule has 2 atom stereocenters. The van der Waals surface area contributed by atoms with E-state index in [1.807, 2.05) is 17.2 Å². The van der Waals surface area contributed by atoms with E-state index in [4.69, 9.17) is 4.74 Å². The number of thiazole rings is 1. The SMILES string of the molecule is CCN1CC[C@H]2OCCN(C(=O)CCn3c(C)csc3=O)[C@H]2C1. The monoisotopic (exact) mass is 339 g/mol. The highest BCUT2D eigenvalue weighted by Gasteiger charge is 2.38. The molecule has 0 aromatic carbocycles. The van der Waals surface area contributed by atoms with E-state index in [9.17, 15) is 9.59 Å². The van der Waals surface area contributed by atoms with Gasteiger partial charge in [-0.1, -0.05) is 18.3 Å². The van der Waals surface area contributed by atoms with Gasteiger partial charge in [0.1, 0.15) is 0 Å². The van der Waals surface area contributed by atoms with Crippen molar-refractivity contribution in [3.8, 4) is 0 Å². The van der Waals surface area contributed by atoms with Crippen molar-refractivity contribution in [3.05, 3.63) is 20.7 Å². The Kier molecular flexibility index (Phi) is 5.18. The zero-order valence-corrected chi connectivity index (χ0v) is 14.7. The Morgan fingerprint density at radius 1 is 1.43 bits per heavy atom. The molecule has 1 aromatic rings. The fourth-order valence-corrected chi connectivity index (χ4v) is 4.32. The van der Waals surface area contributed by atoms with Crippen LogP contribution < -0.4 is 4.87 Å². The van der Waals surface area contributed by atoms with Gasteiger partial charge in [-0.2, -0.15) is 0 Å². The summed E-state index contributed by atoms with van der Waals surface area (Å²) in [5.41, 5.74) is 0.933. The fraction of sp³-hybridized carbons (Fsp3) is 0.750. The summed E-state index contributed by atoms with van der Waals surface area (Å²) in [5, 5.41) is 1.85. The van der Waals surface area contributed by atoms with E-state index < -0.39 is 0 Å². The number of amides is 1. The van der Waals surface area contributed by atoms with Crippen LogP contribution in [0.3, 0.4) is 0 Å². The van der Waals surface area contributed by atoms with Crippen LogP contribution in [0.4, 0.5) is 0 Å². The van der Waals surface area contributed by atoms with E-state index in [0.717, 1.165) is 31.7 Å². The van der Waals surface area contributed by atoms with Gasteiger partial charge in [-0.15, -0.1) is 0 Å². The Bertz CT molecular complexity index is 612. The molecule has 0 radical (unpaired) electrons. The van der Waals surface area contributed by atoms with Crippen molar-refractivity contribution < 1.29 is 9.53 Å². The van der Waals surface area contributed by atoms with Crippen molar-refractivity contribution in [3.63, 3.8) is 0 Å². The van der Waals surface area contributed by atoms with Gasteiger partial charge in [0.15, 0.2) is 0 Å². The Labute approximate surface area is 140 Å². The summed E-state index contributed by atoms with van der Waals surface area (Å²) in [4.78, 5) is 28.9. The number of likely N-dealkylation sites (tertiary alicyclic amines) is 1. The van der Waals surface area contributed by atoms with Gasteiger partial charge in [0, 0.05) is 43.7 Å². The van der Waals surface area contributed by atoms with E-state index in [0.29, 0.717) is 26.1 Å². The topological polar surface area (TPSA) is 54.8 Å². The zero-order chi connectivity index (χ0) is 16.4. The number of fused-ring (bicyclic) bond motifs is 1. The van der Waals surface area contributed by atoms with Crippen LogP contribution in [0.2, 0.25) is 0 Å². The third-order valence-electron chi connectivity index (χ3n) is 4.96. The Balaban J connectivity index is 1.64. The molecule has 0 unspecified atom stereocenters. The molecule has 1 amide bonds. The van der Waals surface area contributed by atoms with Gasteiger partial charge in [-0.05, 0) is 19.9 Å². The molecule has 2 fully saturated rings. The number of hydrogen-bond acceptors (Lipinski definition) is 5. The Hall–Kier alpha value is -1.18. The highest BCUT2D eigenvalue weighted by Crippen LogP contribution is 2.23. The maximum absolute atomic E-state index is 12.7. The Morgan fingerprint density at radius 2 is 2.26 bits per heavy atom. The maximum Gasteiger partial charge on any atom is 0.307 e. The number of carbonyl (C=O) groups is 1. The molecular weight excluding hydrogens is 314 g/mol. The molecule has 6 nitrogen and oxygen atoms in total. The van der Waals surface area contributed by atoms with Gasteiger partial charge in [0.05, 0.1) is 18.8 Å². The molecule has 2 aliphatic heterocycles. The predicted octanol–water partition coefficient (Wildman–Crippen LogP) is 0.930. The number of ether oxygens (including phenoxy) is 1. The van der Waals surface area contributed by atoms with Crippen LogP contribution in [0.25, 0.3) is 0 Å². The van der Waals surface area contributed by atoms with Crippen LogP contribution in [-0.4, -0.2) is 65.2 Å². The number of morpholine rings is 1. The average Bonchev–Trinajstić information content (AvgIpc) is 2.89. The third kappa shape index (κ3) is 3.51. The highest BCUT2D eigenvalue weighted by atomic mass is 32.1. The van der Waals surface area contributed by atoms with Gasteiger partial charge in [-0.3, -0.25) is 9.59 Å². The first-order chi connectivity index (χ1) is 11.1. The number of piperidine rings is 1. The lowest BCUT2D eigenvalue weighted by Gasteiger charge is -2.47. The molecular formula is C16H25N3O3S. The molecule has 7 heteroatoms. The van der Waals surface area contributed by atoms with E-state index in [1.54, 1.807) is 4.57 Å². The first-order valence-corrected chi connectivity index (χ1v) is 9.26. The summed E-state index contributed by atoms with van der Waals surface area (Å²) in [6.45, 7) is 8.77.